The van der Waals surface area contributed by atoms with E-state index in [4.69, 9.17) is 0 Å². The minimum Gasteiger partial charge on any atom is -0.294 e. The minimum absolute atomic E-state index is 0.0660. The SMILES string of the molecule is CCc1nn(C)c(CC2CCc3ccccc3C2=O)c1Br. The lowest BCUT2D eigenvalue weighted by atomic mass is 9.80. The van der Waals surface area contributed by atoms with E-state index in [9.17, 15) is 4.79 Å². The molecule has 0 saturated carbocycles. The van der Waals surface area contributed by atoms with E-state index in [0.717, 1.165) is 47.1 Å². The Kier molecular flexibility index (Phi) is 3.98. The highest BCUT2D eigenvalue weighted by Gasteiger charge is 2.29. The van der Waals surface area contributed by atoms with Crippen LogP contribution >= 0.6 is 15.9 Å². The molecule has 21 heavy (non-hydrogen) atoms. The summed E-state index contributed by atoms with van der Waals surface area (Å²) in [6.07, 6.45) is 3.57. The van der Waals surface area contributed by atoms with Gasteiger partial charge in [-0.3, -0.25) is 9.48 Å². The van der Waals surface area contributed by atoms with Gasteiger partial charge in [0.2, 0.25) is 0 Å². The Morgan fingerprint density at radius 2 is 2.14 bits per heavy atom. The van der Waals surface area contributed by atoms with Crippen molar-refractivity contribution in [2.45, 2.75) is 32.6 Å². The number of aromatic nitrogens is 2. The van der Waals surface area contributed by atoms with Crippen molar-refractivity contribution >= 4 is 21.7 Å². The molecule has 1 unspecified atom stereocenters. The number of ketones is 1. The molecule has 0 saturated heterocycles. The van der Waals surface area contributed by atoms with Crippen molar-refractivity contribution in [3.8, 4) is 0 Å². The van der Waals surface area contributed by atoms with Crippen molar-refractivity contribution in [2.24, 2.45) is 13.0 Å². The van der Waals surface area contributed by atoms with Gasteiger partial charge in [0.15, 0.2) is 5.78 Å². The van der Waals surface area contributed by atoms with Crippen LogP contribution in [0, 0.1) is 5.92 Å². The van der Waals surface area contributed by atoms with Crippen LogP contribution in [0.5, 0.6) is 0 Å². The molecule has 0 fully saturated rings. The Bertz CT molecular complexity index is 690. The number of carbonyl (C=O) groups is 1. The van der Waals surface area contributed by atoms with Crippen molar-refractivity contribution in [3.05, 3.63) is 51.3 Å². The summed E-state index contributed by atoms with van der Waals surface area (Å²) < 4.78 is 2.98. The molecule has 1 aliphatic carbocycles. The average Bonchev–Trinajstić information content (AvgIpc) is 2.77. The fraction of sp³-hybridized carbons (Fsp3) is 0.412. The highest BCUT2D eigenvalue weighted by atomic mass is 79.9. The molecule has 0 radical (unpaired) electrons. The largest absolute Gasteiger partial charge is 0.294 e. The van der Waals surface area contributed by atoms with Gasteiger partial charge in [-0.2, -0.15) is 5.10 Å². The zero-order valence-corrected chi connectivity index (χ0v) is 14.0. The van der Waals surface area contributed by atoms with Crippen LogP contribution in [0.3, 0.4) is 0 Å². The Labute approximate surface area is 133 Å². The van der Waals surface area contributed by atoms with E-state index in [1.807, 2.05) is 29.9 Å². The second-order valence-electron chi connectivity index (χ2n) is 5.65. The number of halogens is 1. The van der Waals surface area contributed by atoms with E-state index < -0.39 is 0 Å². The summed E-state index contributed by atoms with van der Waals surface area (Å²) in [5, 5.41) is 4.52. The first-order valence-corrected chi connectivity index (χ1v) is 8.23. The maximum atomic E-state index is 12.7. The number of carbonyl (C=O) groups excluding carboxylic acids is 1. The summed E-state index contributed by atoms with van der Waals surface area (Å²) in [6.45, 7) is 2.10. The standard InChI is InChI=1S/C17H19BrN2O/c1-3-14-16(18)15(20(2)19-14)10-12-9-8-11-6-4-5-7-13(11)17(12)21/h4-7,12H,3,8-10H2,1-2H3. The summed E-state index contributed by atoms with van der Waals surface area (Å²) in [4.78, 5) is 12.7. The third kappa shape index (κ3) is 2.57. The van der Waals surface area contributed by atoms with E-state index in [0.29, 0.717) is 0 Å². The van der Waals surface area contributed by atoms with Gasteiger partial charge >= 0.3 is 0 Å². The van der Waals surface area contributed by atoms with Gasteiger partial charge in [0.25, 0.3) is 0 Å². The van der Waals surface area contributed by atoms with E-state index in [-0.39, 0.29) is 11.7 Å². The second kappa shape index (κ2) is 5.76. The number of hydrogen-bond donors (Lipinski definition) is 0. The minimum atomic E-state index is 0.0660. The molecule has 1 aliphatic rings. The number of fused-ring (bicyclic) bond motifs is 1. The summed E-state index contributed by atoms with van der Waals surface area (Å²) in [7, 11) is 1.96. The molecule has 110 valence electrons. The number of aryl methyl sites for hydroxylation is 3. The first-order valence-electron chi connectivity index (χ1n) is 7.44. The summed E-state index contributed by atoms with van der Waals surface area (Å²) >= 11 is 3.65. The molecule has 2 aromatic rings. The molecule has 4 heteroatoms. The quantitative estimate of drug-likeness (QED) is 0.848. The Morgan fingerprint density at radius 1 is 1.38 bits per heavy atom. The smallest absolute Gasteiger partial charge is 0.166 e. The molecule has 0 N–H and O–H groups in total. The molecule has 1 aromatic heterocycles. The fourth-order valence-corrected chi connectivity index (χ4v) is 3.91. The molecular weight excluding hydrogens is 328 g/mol. The third-order valence-corrected chi connectivity index (χ3v) is 5.27. The second-order valence-corrected chi connectivity index (χ2v) is 6.44. The van der Waals surface area contributed by atoms with Crippen LogP contribution in [-0.4, -0.2) is 15.6 Å². The lowest BCUT2D eigenvalue weighted by Crippen LogP contribution is -2.25. The van der Waals surface area contributed by atoms with E-state index in [2.05, 4.69) is 34.0 Å². The number of Topliss-reactive ketones (excluding diaryl/α,β-unsaturated/α-hetero) is 1. The molecule has 3 rings (SSSR count). The molecule has 1 aromatic carbocycles. The van der Waals surface area contributed by atoms with Gasteiger partial charge in [-0.05, 0) is 40.8 Å². The monoisotopic (exact) mass is 346 g/mol. The predicted molar refractivity (Wildman–Crippen MR) is 86.6 cm³/mol. The molecule has 0 aliphatic heterocycles. The number of hydrogen-bond acceptors (Lipinski definition) is 2. The van der Waals surface area contributed by atoms with Gasteiger partial charge < -0.3 is 0 Å². The zero-order valence-electron chi connectivity index (χ0n) is 12.4. The van der Waals surface area contributed by atoms with Crippen LogP contribution in [0.1, 0.15) is 40.7 Å². The van der Waals surface area contributed by atoms with Crippen LogP contribution in [-0.2, 0) is 26.3 Å². The topological polar surface area (TPSA) is 34.9 Å². The van der Waals surface area contributed by atoms with Crippen molar-refractivity contribution < 1.29 is 4.79 Å². The van der Waals surface area contributed by atoms with Crippen LogP contribution in [0.25, 0.3) is 0 Å². The predicted octanol–water partition coefficient (Wildman–Crippen LogP) is 3.73. The Hall–Kier alpha value is -1.42. The summed E-state index contributed by atoms with van der Waals surface area (Å²) in [6, 6.07) is 7.99. The molecule has 1 atom stereocenters. The van der Waals surface area contributed by atoms with Crippen molar-refractivity contribution in [1.82, 2.24) is 9.78 Å². The van der Waals surface area contributed by atoms with Gasteiger partial charge in [-0.25, -0.2) is 0 Å². The van der Waals surface area contributed by atoms with E-state index in [1.165, 1.54) is 5.56 Å². The van der Waals surface area contributed by atoms with Gasteiger partial charge in [-0.1, -0.05) is 31.2 Å². The zero-order chi connectivity index (χ0) is 15.0. The maximum Gasteiger partial charge on any atom is 0.166 e. The van der Waals surface area contributed by atoms with Crippen LogP contribution in [0.2, 0.25) is 0 Å². The number of nitrogens with zero attached hydrogens (tertiary/aromatic N) is 2. The number of rotatable bonds is 3. The van der Waals surface area contributed by atoms with Gasteiger partial charge in [0, 0.05) is 24.9 Å². The van der Waals surface area contributed by atoms with Gasteiger partial charge in [0.1, 0.15) is 0 Å². The Morgan fingerprint density at radius 3 is 2.86 bits per heavy atom. The lowest BCUT2D eigenvalue weighted by Gasteiger charge is -2.23. The third-order valence-electron chi connectivity index (χ3n) is 4.36. The Balaban J connectivity index is 1.87. The number of benzene rings is 1. The van der Waals surface area contributed by atoms with Crippen molar-refractivity contribution in [2.75, 3.05) is 0 Å². The molecule has 0 spiro atoms. The van der Waals surface area contributed by atoms with Crippen molar-refractivity contribution in [1.29, 1.82) is 0 Å². The molecule has 0 amide bonds. The normalized spacial score (nSPS) is 17.9. The summed E-state index contributed by atoms with van der Waals surface area (Å²) in [5.74, 6) is 0.347. The first kappa shape index (κ1) is 14.5. The lowest BCUT2D eigenvalue weighted by molar-refractivity contribution is 0.0900. The molecule has 3 nitrogen and oxygen atoms in total. The fourth-order valence-electron chi connectivity index (χ4n) is 3.13. The van der Waals surface area contributed by atoms with Crippen LogP contribution in [0.15, 0.2) is 28.7 Å². The molecule has 1 heterocycles. The van der Waals surface area contributed by atoms with Crippen molar-refractivity contribution in [3.63, 3.8) is 0 Å². The maximum absolute atomic E-state index is 12.7. The summed E-state index contributed by atoms with van der Waals surface area (Å²) in [5.41, 5.74) is 4.29. The highest BCUT2D eigenvalue weighted by molar-refractivity contribution is 9.10. The van der Waals surface area contributed by atoms with Gasteiger partial charge in [-0.15, -0.1) is 0 Å². The molecular formula is C17H19BrN2O. The highest BCUT2D eigenvalue weighted by Crippen LogP contribution is 2.31. The average molecular weight is 347 g/mol. The van der Waals surface area contributed by atoms with Gasteiger partial charge in [0.05, 0.1) is 15.9 Å². The van der Waals surface area contributed by atoms with E-state index >= 15 is 0 Å². The van der Waals surface area contributed by atoms with E-state index in [1.54, 1.807) is 0 Å². The van der Waals surface area contributed by atoms with Crippen LogP contribution < -0.4 is 0 Å². The molecule has 0 bridgehead atoms. The first-order chi connectivity index (χ1) is 10.1. The van der Waals surface area contributed by atoms with Crippen LogP contribution in [0.4, 0.5) is 0 Å².